The monoisotopic (exact) mass is 706 g/mol. The number of aryl methyl sites for hydroxylation is 2. The van der Waals surface area contributed by atoms with Gasteiger partial charge >= 0.3 is 0 Å². The van der Waals surface area contributed by atoms with Crippen LogP contribution in [0.15, 0.2) is 53.5 Å². The highest BCUT2D eigenvalue weighted by molar-refractivity contribution is 9.10. The second kappa shape index (κ2) is 11.7. The normalized spacial score (nSPS) is 19.5. The molecule has 242 valence electrons. The molecule has 48 heavy (non-hydrogen) atoms. The van der Waals surface area contributed by atoms with Gasteiger partial charge in [-0.3, -0.25) is 19.1 Å². The Bertz CT molecular complexity index is 2200. The Hall–Kier alpha value is -5.29. The Morgan fingerprint density at radius 1 is 1.10 bits per heavy atom. The van der Waals surface area contributed by atoms with E-state index in [1.165, 1.54) is 16.5 Å². The van der Waals surface area contributed by atoms with E-state index in [4.69, 9.17) is 0 Å². The van der Waals surface area contributed by atoms with Crippen LogP contribution in [0.1, 0.15) is 60.8 Å². The van der Waals surface area contributed by atoms with Crippen LogP contribution >= 0.6 is 15.9 Å². The number of aromatic nitrogens is 8. The quantitative estimate of drug-likeness (QED) is 0.142. The highest BCUT2D eigenvalue weighted by Gasteiger charge is 2.60. The number of hydrogen-bond donors (Lipinski definition) is 1. The molecule has 1 fully saturated rings. The molecular weight excluding hydrogens is 676 g/mol. The van der Waals surface area contributed by atoms with Crippen LogP contribution < -0.4 is 5.32 Å². The summed E-state index contributed by atoms with van der Waals surface area (Å²) in [6, 6.07) is 7.74. The van der Waals surface area contributed by atoms with Crippen LogP contribution in [-0.2, 0) is 21.5 Å². The van der Waals surface area contributed by atoms with E-state index in [0.717, 1.165) is 16.7 Å². The maximum absolute atomic E-state index is 14.4. The van der Waals surface area contributed by atoms with E-state index in [0.29, 0.717) is 32.8 Å². The van der Waals surface area contributed by atoms with E-state index in [9.17, 15) is 14.4 Å². The number of amides is 2. The molecule has 1 N–H and O–H groups in total. The lowest BCUT2D eigenvalue weighted by atomic mass is 9.71. The summed E-state index contributed by atoms with van der Waals surface area (Å²) in [4.78, 5) is 55.7. The number of Topliss-reactive ketones (excluding diaryl/α,β-unsaturated/α-hetero) is 1. The number of carbonyl (C=O) groups is 3. The molecule has 1 aromatic carbocycles. The summed E-state index contributed by atoms with van der Waals surface area (Å²) < 4.78 is 3.82. The number of hydrogen-bond acceptors (Lipinski definition) is 9. The van der Waals surface area contributed by atoms with Gasteiger partial charge in [0.25, 0.3) is 0 Å². The van der Waals surface area contributed by atoms with Gasteiger partial charge in [-0.2, -0.15) is 5.10 Å². The van der Waals surface area contributed by atoms with Crippen LogP contribution in [0, 0.1) is 25.7 Å². The van der Waals surface area contributed by atoms with Crippen molar-refractivity contribution in [3.8, 4) is 23.0 Å². The van der Waals surface area contributed by atoms with Gasteiger partial charge in [-0.05, 0) is 73.0 Å². The Balaban J connectivity index is 1.25. The van der Waals surface area contributed by atoms with Gasteiger partial charge in [0.15, 0.2) is 5.78 Å². The molecule has 3 atom stereocenters. The van der Waals surface area contributed by atoms with E-state index < -0.39 is 23.4 Å². The molecule has 14 heteroatoms. The zero-order valence-corrected chi connectivity index (χ0v) is 28.5. The van der Waals surface area contributed by atoms with Crippen molar-refractivity contribution in [2.75, 3.05) is 5.32 Å². The molecule has 0 saturated carbocycles. The van der Waals surface area contributed by atoms with Gasteiger partial charge in [-0.1, -0.05) is 29.2 Å². The lowest BCUT2D eigenvalue weighted by Gasteiger charge is -2.35. The summed E-state index contributed by atoms with van der Waals surface area (Å²) in [5.41, 5.74) is 2.96. The average molecular weight is 708 g/mol. The zero-order valence-electron chi connectivity index (χ0n) is 26.9. The molecule has 0 bridgehead atoms. The van der Waals surface area contributed by atoms with Crippen molar-refractivity contribution in [2.24, 2.45) is 0 Å². The van der Waals surface area contributed by atoms with E-state index >= 15 is 0 Å². The molecular formula is C34H31BrN10O3. The second-order valence-electron chi connectivity index (χ2n) is 12.4. The van der Waals surface area contributed by atoms with Crippen molar-refractivity contribution in [1.29, 1.82) is 0 Å². The number of nitrogens with one attached hydrogen (secondary N) is 1. The van der Waals surface area contributed by atoms with Gasteiger partial charge in [0.1, 0.15) is 51.7 Å². The first-order valence-corrected chi connectivity index (χ1v) is 16.2. The molecule has 1 saturated heterocycles. The van der Waals surface area contributed by atoms with Gasteiger partial charge in [0.2, 0.25) is 11.8 Å². The number of carbonyl (C=O) groups excluding carboxylic acids is 3. The van der Waals surface area contributed by atoms with Crippen LogP contribution in [-0.4, -0.2) is 74.3 Å². The lowest BCUT2D eigenvalue weighted by Crippen LogP contribution is -2.52. The highest BCUT2D eigenvalue weighted by atomic mass is 79.9. The third-order valence-electron chi connectivity index (χ3n) is 8.90. The SMILES string of the molecule is CC(=O)c1nn(CC(=O)N2[C@H](C(=O)Nc3nc(Br)ccc3C)C[C@@]3(c4cn(C(C)C)nn4)C#C[C@@H]23)c2ccc(-c3cnc(C)nc3)cc12. The number of ketones is 1. The Labute approximate surface area is 284 Å². The molecule has 2 aliphatic rings. The predicted octanol–water partition coefficient (Wildman–Crippen LogP) is 4.21. The number of likely N-dealkylation sites (tertiary alicyclic amines) is 1. The van der Waals surface area contributed by atoms with E-state index in [-0.39, 0.29) is 36.4 Å². The first kappa shape index (κ1) is 31.3. The molecule has 5 aromatic rings. The molecule has 7 rings (SSSR count). The van der Waals surface area contributed by atoms with Gasteiger partial charge < -0.3 is 10.2 Å². The largest absolute Gasteiger partial charge is 0.313 e. The molecule has 4 aromatic heterocycles. The number of benzene rings is 1. The molecule has 2 amide bonds. The van der Waals surface area contributed by atoms with Gasteiger partial charge in [0, 0.05) is 42.7 Å². The van der Waals surface area contributed by atoms with Crippen LogP contribution in [0.4, 0.5) is 5.82 Å². The number of nitrogens with zero attached hydrogens (tertiary/aromatic N) is 9. The smallest absolute Gasteiger partial charge is 0.248 e. The molecule has 0 radical (unpaired) electrons. The number of fused-ring (bicyclic) bond motifs is 2. The van der Waals surface area contributed by atoms with Crippen molar-refractivity contribution in [3.05, 3.63) is 76.3 Å². The van der Waals surface area contributed by atoms with Crippen LogP contribution in [0.25, 0.3) is 22.0 Å². The van der Waals surface area contributed by atoms with E-state index in [1.807, 2.05) is 58.2 Å². The van der Waals surface area contributed by atoms with Crippen molar-refractivity contribution in [2.45, 2.75) is 71.1 Å². The fraction of sp³-hybridized carbons (Fsp3) is 0.324. The Kier molecular flexibility index (Phi) is 7.66. The number of halogens is 1. The first-order valence-electron chi connectivity index (χ1n) is 15.5. The first-order chi connectivity index (χ1) is 22.9. The van der Waals surface area contributed by atoms with Gasteiger partial charge in [-0.25, -0.2) is 19.6 Å². The minimum absolute atomic E-state index is 0.0700. The van der Waals surface area contributed by atoms with Crippen LogP contribution in [0.2, 0.25) is 0 Å². The molecule has 13 nitrogen and oxygen atoms in total. The van der Waals surface area contributed by atoms with Gasteiger partial charge in [0.05, 0.1) is 11.7 Å². The number of rotatable bonds is 8. The molecule has 1 aliphatic carbocycles. The topological polar surface area (TPSA) is 154 Å². The predicted molar refractivity (Wildman–Crippen MR) is 180 cm³/mol. The summed E-state index contributed by atoms with van der Waals surface area (Å²) in [6.07, 6.45) is 5.51. The molecule has 1 aliphatic heterocycles. The molecule has 0 unspecified atom stereocenters. The summed E-state index contributed by atoms with van der Waals surface area (Å²) >= 11 is 3.37. The lowest BCUT2D eigenvalue weighted by molar-refractivity contribution is -0.138. The van der Waals surface area contributed by atoms with Crippen molar-refractivity contribution in [1.82, 2.24) is 44.6 Å². The van der Waals surface area contributed by atoms with Crippen molar-refractivity contribution in [3.63, 3.8) is 0 Å². The van der Waals surface area contributed by atoms with Crippen LogP contribution in [0.5, 0.6) is 0 Å². The summed E-state index contributed by atoms with van der Waals surface area (Å²) in [6.45, 7) is 8.87. The van der Waals surface area contributed by atoms with Gasteiger partial charge in [-0.15, -0.1) is 5.10 Å². The molecule has 5 heterocycles. The van der Waals surface area contributed by atoms with E-state index in [1.54, 1.807) is 23.1 Å². The maximum atomic E-state index is 14.4. The fourth-order valence-corrected chi connectivity index (χ4v) is 6.57. The minimum atomic E-state index is -0.906. The third-order valence-corrected chi connectivity index (χ3v) is 9.34. The zero-order chi connectivity index (χ0) is 33.9. The molecule has 0 spiro atoms. The van der Waals surface area contributed by atoms with Crippen molar-refractivity contribution >= 4 is 50.2 Å². The van der Waals surface area contributed by atoms with Crippen LogP contribution in [0.3, 0.4) is 0 Å². The van der Waals surface area contributed by atoms with Crippen molar-refractivity contribution < 1.29 is 14.4 Å². The summed E-state index contributed by atoms with van der Waals surface area (Å²) in [7, 11) is 0. The Morgan fingerprint density at radius 2 is 1.88 bits per heavy atom. The summed E-state index contributed by atoms with van der Waals surface area (Å²) in [5, 5.41) is 16.8. The third kappa shape index (κ3) is 5.24. The maximum Gasteiger partial charge on any atom is 0.248 e. The standard InChI is InChI=1S/C34H31BrN10O3/c1-18(2)43-16-27(40-42-43)34-11-10-28(34)45(26(13-34)33(48)39-32-19(3)6-9-29(35)38-32)30(47)17-44-25-8-7-22(23-14-36-21(5)37-15-23)12-24(25)31(41-44)20(4)46/h6-9,12,14-16,18,26,28H,13,17H2,1-5H3,(H,38,39,48)/t26-,28+,34+/m0/s1. The number of anilines is 1. The average Bonchev–Trinajstić information content (AvgIpc) is 3.73. The minimum Gasteiger partial charge on any atom is -0.313 e. The number of pyridine rings is 1. The van der Waals surface area contributed by atoms with E-state index in [2.05, 4.69) is 63.5 Å². The fourth-order valence-electron chi connectivity index (χ4n) is 6.27. The summed E-state index contributed by atoms with van der Waals surface area (Å²) in [5.74, 6) is 6.41. The second-order valence-corrected chi connectivity index (χ2v) is 13.3. The highest BCUT2D eigenvalue weighted by Crippen LogP contribution is 2.47. The Morgan fingerprint density at radius 3 is 2.54 bits per heavy atom.